The van der Waals surface area contributed by atoms with Gasteiger partial charge >= 0.3 is 0 Å². The minimum Gasteiger partial charge on any atom is -0.507 e. The molecule has 30 heavy (non-hydrogen) atoms. The molecule has 2 N–H and O–H groups in total. The number of amides is 2. The Morgan fingerprint density at radius 1 is 1.17 bits per heavy atom. The average molecular weight is 412 g/mol. The first-order valence-electron chi connectivity index (χ1n) is 10.5. The Bertz CT molecular complexity index is 946. The first-order chi connectivity index (χ1) is 14.4. The Morgan fingerprint density at radius 3 is 2.67 bits per heavy atom. The number of phenolic OH excluding ortho intramolecular Hbond substituents is 1. The van der Waals surface area contributed by atoms with Crippen molar-refractivity contribution in [2.24, 2.45) is 5.92 Å². The molecule has 2 aliphatic rings. The van der Waals surface area contributed by atoms with Gasteiger partial charge in [0.25, 0.3) is 11.8 Å². The topological polar surface area (TPSA) is 90.7 Å². The molecule has 1 saturated heterocycles. The van der Waals surface area contributed by atoms with Crippen molar-refractivity contribution >= 4 is 11.8 Å². The van der Waals surface area contributed by atoms with Gasteiger partial charge in [0, 0.05) is 39.3 Å². The maximum absolute atomic E-state index is 13.0. The van der Waals surface area contributed by atoms with Gasteiger partial charge in [-0.25, -0.2) is 0 Å². The number of carbonyl (C=O) groups excluding carboxylic acids is 2. The lowest BCUT2D eigenvalue weighted by molar-refractivity contribution is 0.0661. The van der Waals surface area contributed by atoms with Gasteiger partial charge in [-0.15, -0.1) is 0 Å². The zero-order chi connectivity index (χ0) is 21.3. The van der Waals surface area contributed by atoms with Gasteiger partial charge in [0.2, 0.25) is 0 Å². The molecule has 2 amide bonds. The number of likely N-dealkylation sites (N-methyl/N-ethyl adjacent to an activating group) is 1. The molecule has 1 atom stereocenters. The summed E-state index contributed by atoms with van der Waals surface area (Å²) in [6.07, 6.45) is 3.28. The normalized spacial score (nSPS) is 19.4. The largest absolute Gasteiger partial charge is 0.507 e. The first-order valence-corrected chi connectivity index (χ1v) is 10.5. The van der Waals surface area contributed by atoms with E-state index in [9.17, 15) is 14.7 Å². The number of hydrogen-bond donors (Lipinski definition) is 2. The Balaban J connectivity index is 1.39. The van der Waals surface area contributed by atoms with Gasteiger partial charge in [0.05, 0.1) is 23.0 Å². The van der Waals surface area contributed by atoms with Gasteiger partial charge in [-0.2, -0.15) is 5.10 Å². The number of rotatable bonds is 4. The van der Waals surface area contributed by atoms with Crippen molar-refractivity contribution in [2.45, 2.75) is 26.3 Å². The van der Waals surface area contributed by atoms with E-state index in [-0.39, 0.29) is 29.0 Å². The molecule has 8 nitrogen and oxygen atoms in total. The van der Waals surface area contributed by atoms with Gasteiger partial charge in [-0.1, -0.05) is 6.07 Å². The highest BCUT2D eigenvalue weighted by Crippen LogP contribution is 2.24. The molecule has 0 radical (unpaired) electrons. The molecular weight excluding hydrogens is 382 g/mol. The van der Waals surface area contributed by atoms with Crippen molar-refractivity contribution in [3.05, 3.63) is 46.8 Å². The molecule has 0 bridgehead atoms. The minimum atomic E-state index is -0.277. The molecule has 160 valence electrons. The van der Waals surface area contributed by atoms with Crippen LogP contribution in [-0.4, -0.2) is 76.3 Å². The molecule has 1 aromatic carbocycles. The van der Waals surface area contributed by atoms with Crippen LogP contribution in [0.15, 0.2) is 24.4 Å². The van der Waals surface area contributed by atoms with E-state index in [1.807, 2.05) is 22.6 Å². The monoisotopic (exact) mass is 411 g/mol. The number of hydrogen-bond acceptors (Lipinski definition) is 5. The average Bonchev–Trinajstić information content (AvgIpc) is 3.15. The Hall–Kier alpha value is -2.87. The summed E-state index contributed by atoms with van der Waals surface area (Å²) < 4.78 is 1.92. The second-order valence-corrected chi connectivity index (χ2v) is 8.41. The zero-order valence-electron chi connectivity index (χ0n) is 17.6. The summed E-state index contributed by atoms with van der Waals surface area (Å²) >= 11 is 0. The molecule has 1 fully saturated rings. The Kier molecular flexibility index (Phi) is 5.76. The second-order valence-electron chi connectivity index (χ2n) is 8.41. The smallest absolute Gasteiger partial charge is 0.257 e. The second kappa shape index (κ2) is 8.47. The third-order valence-corrected chi connectivity index (χ3v) is 6.15. The fraction of sp³-hybridized carbons (Fsp3) is 0.500. The summed E-state index contributed by atoms with van der Waals surface area (Å²) in [5.41, 5.74) is 2.84. The van der Waals surface area contributed by atoms with Crippen LogP contribution in [0.1, 0.15) is 38.4 Å². The molecule has 3 heterocycles. The molecule has 1 unspecified atom stereocenters. The van der Waals surface area contributed by atoms with Crippen LogP contribution in [0, 0.1) is 12.8 Å². The minimum absolute atomic E-state index is 0.00530. The number of nitrogens with one attached hydrogen (secondary N) is 1. The predicted molar refractivity (Wildman–Crippen MR) is 113 cm³/mol. The molecule has 2 aromatic rings. The van der Waals surface area contributed by atoms with Crippen LogP contribution in [0.2, 0.25) is 0 Å². The van der Waals surface area contributed by atoms with E-state index in [2.05, 4.69) is 22.4 Å². The van der Waals surface area contributed by atoms with E-state index >= 15 is 0 Å². The number of nitrogens with zero attached hydrogens (tertiary/aromatic N) is 4. The summed E-state index contributed by atoms with van der Waals surface area (Å²) in [6, 6.07) is 5.04. The van der Waals surface area contributed by atoms with E-state index in [1.54, 1.807) is 18.3 Å². The summed E-state index contributed by atoms with van der Waals surface area (Å²) in [4.78, 5) is 29.6. The van der Waals surface area contributed by atoms with Crippen molar-refractivity contribution in [1.82, 2.24) is 24.9 Å². The highest BCUT2D eigenvalue weighted by Gasteiger charge is 2.29. The first kappa shape index (κ1) is 20.4. The van der Waals surface area contributed by atoms with E-state index < -0.39 is 0 Å². The summed E-state index contributed by atoms with van der Waals surface area (Å²) in [7, 11) is 2.07. The van der Waals surface area contributed by atoms with Gasteiger partial charge < -0.3 is 20.2 Å². The number of aromatic nitrogens is 2. The van der Waals surface area contributed by atoms with Gasteiger partial charge in [-0.05, 0) is 50.4 Å². The number of aromatic hydroxyl groups is 1. The number of fused-ring (bicyclic) bond motifs is 1. The molecule has 1 aromatic heterocycles. The molecular formula is C22H29N5O3. The van der Waals surface area contributed by atoms with Crippen LogP contribution in [0.25, 0.3) is 0 Å². The van der Waals surface area contributed by atoms with E-state index in [0.717, 1.165) is 50.4 Å². The fourth-order valence-corrected chi connectivity index (χ4v) is 4.20. The van der Waals surface area contributed by atoms with Crippen molar-refractivity contribution < 1.29 is 14.7 Å². The molecule has 0 aliphatic carbocycles. The molecule has 2 aliphatic heterocycles. The number of carbonyl (C=O) groups is 2. The molecule has 8 heteroatoms. The highest BCUT2D eigenvalue weighted by atomic mass is 16.3. The lowest BCUT2D eigenvalue weighted by atomic mass is 9.94. The number of aryl methyl sites for hydroxylation is 2. The van der Waals surface area contributed by atoms with Gasteiger partial charge in [0.15, 0.2) is 0 Å². The van der Waals surface area contributed by atoms with Crippen molar-refractivity contribution in [3.8, 4) is 5.75 Å². The Morgan fingerprint density at radius 2 is 1.93 bits per heavy atom. The van der Waals surface area contributed by atoms with Gasteiger partial charge in [-0.3, -0.25) is 14.3 Å². The van der Waals surface area contributed by atoms with Crippen LogP contribution in [0.3, 0.4) is 0 Å². The van der Waals surface area contributed by atoms with Crippen LogP contribution >= 0.6 is 0 Å². The van der Waals surface area contributed by atoms with Crippen LogP contribution in [0.4, 0.5) is 0 Å². The van der Waals surface area contributed by atoms with E-state index in [1.165, 1.54) is 0 Å². The SMILES string of the molecule is Cc1ccc(C(=O)NCC2CCn3ncc(C(=O)N4CCN(C)CC4)c3C2)c(O)c1. The third kappa shape index (κ3) is 4.18. The van der Waals surface area contributed by atoms with Crippen molar-refractivity contribution in [2.75, 3.05) is 39.8 Å². The maximum Gasteiger partial charge on any atom is 0.257 e. The van der Waals surface area contributed by atoms with Crippen LogP contribution in [-0.2, 0) is 13.0 Å². The quantitative estimate of drug-likeness (QED) is 0.791. The van der Waals surface area contributed by atoms with E-state index in [4.69, 9.17) is 0 Å². The lowest BCUT2D eigenvalue weighted by Crippen LogP contribution is -2.47. The van der Waals surface area contributed by atoms with Crippen molar-refractivity contribution in [1.29, 1.82) is 0 Å². The summed E-state index contributed by atoms with van der Waals surface area (Å²) in [5.74, 6) is -0.00186. The van der Waals surface area contributed by atoms with Crippen LogP contribution < -0.4 is 5.32 Å². The Labute approximate surface area is 176 Å². The third-order valence-electron chi connectivity index (χ3n) is 6.15. The number of piperazine rings is 1. The fourth-order valence-electron chi connectivity index (χ4n) is 4.20. The molecule has 4 rings (SSSR count). The lowest BCUT2D eigenvalue weighted by Gasteiger charge is -2.32. The predicted octanol–water partition coefficient (Wildman–Crippen LogP) is 1.28. The maximum atomic E-state index is 13.0. The standard InChI is InChI=1S/C22H29N5O3/c1-15-3-4-17(20(28)11-15)21(29)23-13-16-5-6-27-19(12-16)18(14-24-27)22(30)26-9-7-25(2)8-10-26/h3-4,11,14,16,28H,5-10,12-13H2,1-2H3,(H,23,29). The molecule has 0 saturated carbocycles. The van der Waals surface area contributed by atoms with Crippen molar-refractivity contribution in [3.63, 3.8) is 0 Å². The number of benzene rings is 1. The summed E-state index contributed by atoms with van der Waals surface area (Å²) in [5, 5.41) is 17.4. The number of phenols is 1. The highest BCUT2D eigenvalue weighted by molar-refractivity contribution is 5.97. The molecule has 0 spiro atoms. The summed E-state index contributed by atoms with van der Waals surface area (Å²) in [6.45, 7) is 6.35. The van der Waals surface area contributed by atoms with Gasteiger partial charge in [0.1, 0.15) is 5.75 Å². The van der Waals surface area contributed by atoms with Crippen LogP contribution in [0.5, 0.6) is 5.75 Å². The van der Waals surface area contributed by atoms with E-state index in [0.29, 0.717) is 18.5 Å². The zero-order valence-corrected chi connectivity index (χ0v) is 17.6.